The number of pyridine rings is 1. The van der Waals surface area contributed by atoms with Gasteiger partial charge in [0.25, 0.3) is 0 Å². The van der Waals surface area contributed by atoms with Crippen LogP contribution in [0, 0.1) is 0 Å². The average Bonchev–Trinajstić information content (AvgIpc) is 3.19. The van der Waals surface area contributed by atoms with Gasteiger partial charge in [0.2, 0.25) is 11.8 Å². The molecule has 2 heterocycles. The lowest BCUT2D eigenvalue weighted by Crippen LogP contribution is -2.21. The fourth-order valence-corrected chi connectivity index (χ4v) is 4.23. The van der Waals surface area contributed by atoms with Crippen molar-refractivity contribution in [3.63, 3.8) is 0 Å². The standard InChI is InChI=1S/C28H21ClN4O2/c29-20-6-11-23-24(17-20)33-28(35)26(23)27(19-4-2-1-3-5-19)32-22-9-7-21(8-10-22)31-25(34)16-18-12-14-30-15-13-18/h1-15,17,26H,16H2,(H,31,34)(H,33,35). The monoisotopic (exact) mass is 480 g/mol. The number of amides is 2. The number of hydrogen-bond acceptors (Lipinski definition) is 4. The minimum atomic E-state index is -0.565. The second-order valence-electron chi connectivity index (χ2n) is 8.14. The highest BCUT2D eigenvalue weighted by atomic mass is 35.5. The van der Waals surface area contributed by atoms with Crippen LogP contribution in [0.2, 0.25) is 5.02 Å². The Morgan fingerprint density at radius 1 is 0.971 bits per heavy atom. The molecule has 0 aliphatic carbocycles. The van der Waals surface area contributed by atoms with E-state index >= 15 is 0 Å². The first-order chi connectivity index (χ1) is 17.1. The van der Waals surface area contributed by atoms with Crippen molar-refractivity contribution >= 4 is 46.2 Å². The zero-order chi connectivity index (χ0) is 24.2. The Morgan fingerprint density at radius 2 is 1.71 bits per heavy atom. The number of carbonyl (C=O) groups excluding carboxylic acids is 2. The molecule has 0 radical (unpaired) electrons. The molecule has 0 fully saturated rings. The van der Waals surface area contributed by atoms with Crippen molar-refractivity contribution in [2.24, 2.45) is 4.99 Å². The number of fused-ring (bicyclic) bond motifs is 1. The van der Waals surface area contributed by atoms with E-state index in [1.165, 1.54) is 0 Å². The topological polar surface area (TPSA) is 83.5 Å². The number of aliphatic imine (C=N–C) groups is 1. The van der Waals surface area contributed by atoms with E-state index < -0.39 is 5.92 Å². The molecular formula is C28H21ClN4O2. The Hall–Kier alpha value is -4.29. The van der Waals surface area contributed by atoms with Crippen molar-refractivity contribution in [1.82, 2.24) is 4.98 Å². The van der Waals surface area contributed by atoms with Crippen molar-refractivity contribution < 1.29 is 9.59 Å². The fourth-order valence-electron chi connectivity index (χ4n) is 4.06. The van der Waals surface area contributed by atoms with Crippen molar-refractivity contribution in [3.8, 4) is 0 Å². The van der Waals surface area contributed by atoms with Crippen molar-refractivity contribution in [2.45, 2.75) is 12.3 Å². The fraction of sp³-hybridized carbons (Fsp3) is 0.0714. The zero-order valence-electron chi connectivity index (χ0n) is 18.6. The second-order valence-corrected chi connectivity index (χ2v) is 8.58. The van der Waals surface area contributed by atoms with Crippen LogP contribution in [-0.4, -0.2) is 22.5 Å². The molecule has 35 heavy (non-hydrogen) atoms. The maximum Gasteiger partial charge on any atom is 0.238 e. The number of benzene rings is 3. The highest BCUT2D eigenvalue weighted by molar-refractivity contribution is 6.31. The van der Waals surface area contributed by atoms with Crippen LogP contribution < -0.4 is 10.6 Å². The van der Waals surface area contributed by atoms with Gasteiger partial charge in [-0.05, 0) is 65.2 Å². The van der Waals surface area contributed by atoms with Gasteiger partial charge < -0.3 is 10.6 Å². The lowest BCUT2D eigenvalue weighted by Gasteiger charge is -2.14. The number of nitrogens with zero attached hydrogens (tertiary/aromatic N) is 2. The van der Waals surface area contributed by atoms with Crippen molar-refractivity contribution in [3.05, 3.63) is 119 Å². The second kappa shape index (κ2) is 9.91. The Kier molecular flexibility index (Phi) is 6.37. The number of anilines is 2. The first-order valence-electron chi connectivity index (χ1n) is 11.1. The molecule has 4 aromatic rings. The summed E-state index contributed by atoms with van der Waals surface area (Å²) in [5.74, 6) is -0.829. The van der Waals surface area contributed by atoms with E-state index in [9.17, 15) is 9.59 Å². The molecule has 0 bridgehead atoms. The van der Waals surface area contributed by atoms with Gasteiger partial charge in [0.1, 0.15) is 5.92 Å². The quantitative estimate of drug-likeness (QED) is 0.343. The molecule has 7 heteroatoms. The van der Waals surface area contributed by atoms with Gasteiger partial charge in [-0.25, -0.2) is 0 Å². The molecule has 5 rings (SSSR count). The van der Waals surface area contributed by atoms with Crippen LogP contribution in [0.1, 0.15) is 22.6 Å². The summed E-state index contributed by atoms with van der Waals surface area (Å²) in [5.41, 5.74) is 5.26. The molecule has 0 saturated carbocycles. The lowest BCUT2D eigenvalue weighted by molar-refractivity contribution is -0.116. The molecule has 1 atom stereocenters. The summed E-state index contributed by atoms with van der Waals surface area (Å²) in [6, 6.07) is 25.9. The van der Waals surface area contributed by atoms with Crippen molar-refractivity contribution in [1.29, 1.82) is 0 Å². The Bertz CT molecular complexity index is 1400. The molecule has 172 valence electrons. The number of nitrogens with one attached hydrogen (secondary N) is 2. The Balaban J connectivity index is 1.42. The molecule has 1 aliphatic heterocycles. The average molecular weight is 481 g/mol. The number of hydrogen-bond donors (Lipinski definition) is 2. The number of rotatable bonds is 6. The molecule has 2 N–H and O–H groups in total. The molecule has 1 unspecified atom stereocenters. The first kappa shape index (κ1) is 22.5. The molecule has 3 aromatic carbocycles. The van der Waals surface area contributed by atoms with Crippen LogP contribution >= 0.6 is 11.6 Å². The lowest BCUT2D eigenvalue weighted by atomic mass is 9.90. The van der Waals surface area contributed by atoms with Gasteiger partial charge in [-0.3, -0.25) is 19.6 Å². The Labute approximate surface area is 207 Å². The van der Waals surface area contributed by atoms with Gasteiger partial charge in [-0.1, -0.05) is 48.0 Å². The van der Waals surface area contributed by atoms with E-state index in [0.29, 0.717) is 27.8 Å². The smallest absolute Gasteiger partial charge is 0.238 e. The summed E-state index contributed by atoms with van der Waals surface area (Å²) >= 11 is 6.13. The number of carbonyl (C=O) groups is 2. The van der Waals surface area contributed by atoms with Crippen LogP contribution in [0.5, 0.6) is 0 Å². The van der Waals surface area contributed by atoms with Gasteiger partial charge in [-0.2, -0.15) is 0 Å². The third-order valence-electron chi connectivity index (χ3n) is 5.70. The third kappa shape index (κ3) is 5.13. The molecular weight excluding hydrogens is 460 g/mol. The summed E-state index contributed by atoms with van der Waals surface area (Å²) in [5, 5.41) is 6.38. The van der Waals surface area contributed by atoms with Crippen LogP contribution in [0.3, 0.4) is 0 Å². The van der Waals surface area contributed by atoms with Gasteiger partial charge >= 0.3 is 0 Å². The Morgan fingerprint density at radius 3 is 2.46 bits per heavy atom. The predicted molar refractivity (Wildman–Crippen MR) is 138 cm³/mol. The minimum Gasteiger partial charge on any atom is -0.326 e. The maximum absolute atomic E-state index is 13.0. The summed E-state index contributed by atoms with van der Waals surface area (Å²) in [6.07, 6.45) is 3.59. The zero-order valence-corrected chi connectivity index (χ0v) is 19.4. The third-order valence-corrected chi connectivity index (χ3v) is 5.94. The summed E-state index contributed by atoms with van der Waals surface area (Å²) in [7, 11) is 0. The summed E-state index contributed by atoms with van der Waals surface area (Å²) < 4.78 is 0. The first-order valence-corrected chi connectivity index (χ1v) is 11.5. The number of aromatic nitrogens is 1. The van der Waals surface area contributed by atoms with E-state index in [-0.39, 0.29) is 18.2 Å². The molecule has 2 amide bonds. The van der Waals surface area contributed by atoms with Crippen LogP contribution in [0.15, 0.2) is 102 Å². The molecule has 0 saturated heterocycles. The van der Waals surface area contributed by atoms with E-state index in [1.807, 2.05) is 60.7 Å². The summed E-state index contributed by atoms with van der Waals surface area (Å²) in [6.45, 7) is 0. The number of halogens is 1. The molecule has 1 aliphatic rings. The van der Waals surface area contributed by atoms with Crippen LogP contribution in [0.4, 0.5) is 17.1 Å². The highest BCUT2D eigenvalue weighted by Crippen LogP contribution is 2.37. The van der Waals surface area contributed by atoms with Crippen LogP contribution in [0.25, 0.3) is 0 Å². The maximum atomic E-state index is 13.0. The van der Waals surface area contributed by atoms with Crippen molar-refractivity contribution in [2.75, 3.05) is 10.6 Å². The van der Waals surface area contributed by atoms with E-state index in [4.69, 9.17) is 16.6 Å². The summed E-state index contributed by atoms with van der Waals surface area (Å²) in [4.78, 5) is 34.2. The van der Waals surface area contributed by atoms with Gasteiger partial charge in [0.15, 0.2) is 0 Å². The molecule has 0 spiro atoms. The minimum absolute atomic E-state index is 0.115. The van der Waals surface area contributed by atoms with E-state index in [2.05, 4.69) is 15.6 Å². The van der Waals surface area contributed by atoms with Gasteiger partial charge in [0.05, 0.1) is 17.8 Å². The van der Waals surface area contributed by atoms with Gasteiger partial charge in [0, 0.05) is 28.8 Å². The van der Waals surface area contributed by atoms with E-state index in [0.717, 1.165) is 16.7 Å². The van der Waals surface area contributed by atoms with Crippen LogP contribution in [-0.2, 0) is 16.0 Å². The van der Waals surface area contributed by atoms with Gasteiger partial charge in [-0.15, -0.1) is 0 Å². The predicted octanol–water partition coefficient (Wildman–Crippen LogP) is 5.77. The largest absolute Gasteiger partial charge is 0.326 e. The normalized spacial score (nSPS) is 14.8. The SMILES string of the molecule is O=C(Cc1ccncc1)Nc1ccc(N=C(c2ccccc2)C2C(=O)Nc3cc(Cl)ccc32)cc1. The highest BCUT2D eigenvalue weighted by Gasteiger charge is 2.35. The molecule has 1 aromatic heterocycles. The van der Waals surface area contributed by atoms with E-state index in [1.54, 1.807) is 36.7 Å². The molecule has 6 nitrogen and oxygen atoms in total.